The van der Waals surface area contributed by atoms with Gasteiger partial charge in [-0.1, -0.05) is 84.9 Å². The molecule has 0 unspecified atom stereocenters. The Morgan fingerprint density at radius 1 is 0.413 bits per heavy atom. The number of hydrogen-bond acceptors (Lipinski definition) is 4. The Morgan fingerprint density at radius 3 is 1.59 bits per heavy atom. The molecule has 4 aromatic heterocycles. The minimum Gasteiger partial charge on any atom is -0.290 e. The van der Waals surface area contributed by atoms with Gasteiger partial charge < -0.3 is 0 Å². The van der Waals surface area contributed by atoms with Gasteiger partial charge in [0.15, 0.2) is 11.6 Å². The fraction of sp³-hybridized carbons (Fsp3) is 0. The Labute approximate surface area is 264 Å². The molecule has 0 bridgehead atoms. The highest BCUT2D eigenvalue weighted by atomic mass is 15.2. The normalized spacial score (nSPS) is 11.5. The molecule has 6 heteroatoms. The molecule has 0 radical (unpaired) electrons. The molecule has 0 saturated heterocycles. The summed E-state index contributed by atoms with van der Waals surface area (Å²) in [6.45, 7) is 0. The second-order valence-electron chi connectivity index (χ2n) is 11.1. The molecule has 0 aliphatic heterocycles. The minimum atomic E-state index is 0.728. The molecule has 9 rings (SSSR count). The third kappa shape index (κ3) is 4.04. The second-order valence-corrected chi connectivity index (χ2v) is 11.1. The van der Waals surface area contributed by atoms with Crippen molar-refractivity contribution in [1.82, 2.24) is 29.1 Å². The van der Waals surface area contributed by atoms with Crippen LogP contribution in [0, 0.1) is 0 Å². The number of hydrogen-bond donors (Lipinski definition) is 0. The van der Waals surface area contributed by atoms with E-state index < -0.39 is 0 Å². The average molecular weight is 591 g/mol. The molecule has 0 amide bonds. The first-order valence-corrected chi connectivity index (χ1v) is 15.3. The zero-order valence-electron chi connectivity index (χ0n) is 24.7. The highest BCUT2D eigenvalue weighted by molar-refractivity contribution is 6.19. The highest BCUT2D eigenvalue weighted by Gasteiger charge is 2.28. The number of nitrogens with zero attached hydrogens (tertiary/aromatic N) is 6. The molecule has 0 aliphatic rings. The summed E-state index contributed by atoms with van der Waals surface area (Å²) in [5.41, 5.74) is 9.40. The van der Waals surface area contributed by atoms with Gasteiger partial charge in [0.2, 0.25) is 0 Å². The zero-order valence-corrected chi connectivity index (χ0v) is 24.7. The maximum atomic E-state index is 5.57. The number of imidazole rings is 2. The van der Waals surface area contributed by atoms with Crippen molar-refractivity contribution in [2.45, 2.75) is 0 Å². The lowest BCUT2D eigenvalue weighted by Gasteiger charge is -2.16. The van der Waals surface area contributed by atoms with Gasteiger partial charge in [-0.25, -0.2) is 9.97 Å². The predicted octanol–water partition coefficient (Wildman–Crippen LogP) is 9.31. The second kappa shape index (κ2) is 10.6. The van der Waals surface area contributed by atoms with Crippen LogP contribution in [0.2, 0.25) is 0 Å². The summed E-state index contributed by atoms with van der Waals surface area (Å²) in [4.78, 5) is 20.6. The Hall–Kier alpha value is -6.40. The number of pyridine rings is 2. The van der Waals surface area contributed by atoms with E-state index in [1.165, 1.54) is 0 Å². The fourth-order valence-electron chi connectivity index (χ4n) is 6.53. The summed E-state index contributed by atoms with van der Waals surface area (Å²) < 4.78 is 4.45. The molecule has 0 N–H and O–H groups in total. The van der Waals surface area contributed by atoms with Crippen molar-refractivity contribution < 1.29 is 0 Å². The largest absolute Gasteiger partial charge is 0.290 e. The van der Waals surface area contributed by atoms with Gasteiger partial charge in [0, 0.05) is 34.9 Å². The van der Waals surface area contributed by atoms with Crippen molar-refractivity contribution >= 4 is 32.8 Å². The van der Waals surface area contributed by atoms with E-state index in [0.29, 0.717) is 0 Å². The Morgan fingerprint density at radius 2 is 0.935 bits per heavy atom. The highest BCUT2D eigenvalue weighted by Crippen LogP contribution is 2.45. The topological polar surface area (TPSA) is 61.4 Å². The molecule has 0 aliphatic carbocycles. The minimum absolute atomic E-state index is 0.728. The predicted molar refractivity (Wildman–Crippen MR) is 185 cm³/mol. The van der Waals surface area contributed by atoms with E-state index in [0.717, 1.165) is 78.4 Å². The lowest BCUT2D eigenvalue weighted by molar-refractivity contribution is 1.02. The Balaban J connectivity index is 1.53. The lowest BCUT2D eigenvalue weighted by atomic mass is 9.93. The summed E-state index contributed by atoms with van der Waals surface area (Å²) in [5, 5.41) is 2.14. The lowest BCUT2D eigenvalue weighted by Crippen LogP contribution is -2.04. The summed E-state index contributed by atoms with van der Waals surface area (Å²) in [6.07, 6.45) is 3.69. The molecule has 9 aromatic rings. The quantitative estimate of drug-likeness (QED) is 0.200. The number of fused-ring (bicyclic) bond motifs is 3. The van der Waals surface area contributed by atoms with Crippen LogP contribution in [0.15, 0.2) is 158 Å². The van der Waals surface area contributed by atoms with Crippen LogP contribution in [0.3, 0.4) is 0 Å². The van der Waals surface area contributed by atoms with Gasteiger partial charge in [-0.05, 0) is 71.4 Å². The number of aromatic nitrogens is 6. The Kier molecular flexibility index (Phi) is 6.03. The van der Waals surface area contributed by atoms with Crippen LogP contribution in [0.1, 0.15) is 0 Å². The van der Waals surface area contributed by atoms with Crippen LogP contribution >= 0.6 is 0 Å². The van der Waals surface area contributed by atoms with Crippen molar-refractivity contribution in [3.63, 3.8) is 0 Å². The molecule has 0 atom stereocenters. The van der Waals surface area contributed by atoms with Crippen molar-refractivity contribution in [1.29, 1.82) is 0 Å². The SMILES string of the molecule is c1ccc(-n2c(-c3nc4c(-c5ccccn5)c5ccccc5c(-c5ccccn5)c4n3-c3ccccc3)nc3ccccc32)cc1. The third-order valence-electron chi connectivity index (χ3n) is 8.45. The monoisotopic (exact) mass is 590 g/mol. The van der Waals surface area contributed by atoms with Gasteiger partial charge in [0.05, 0.1) is 27.9 Å². The number of benzene rings is 5. The number of rotatable bonds is 5. The summed E-state index contributed by atoms with van der Waals surface area (Å²) >= 11 is 0. The smallest absolute Gasteiger partial charge is 0.182 e. The van der Waals surface area contributed by atoms with Crippen LogP contribution < -0.4 is 0 Å². The molecule has 0 saturated carbocycles. The van der Waals surface area contributed by atoms with Crippen LogP contribution in [0.5, 0.6) is 0 Å². The van der Waals surface area contributed by atoms with Crippen molar-refractivity contribution in [2.75, 3.05) is 0 Å². The van der Waals surface area contributed by atoms with Crippen LogP contribution in [-0.2, 0) is 0 Å². The van der Waals surface area contributed by atoms with Crippen molar-refractivity contribution in [3.8, 4) is 45.5 Å². The van der Waals surface area contributed by atoms with Crippen LogP contribution in [0.25, 0.3) is 78.4 Å². The molecule has 216 valence electrons. The first-order valence-electron chi connectivity index (χ1n) is 15.3. The van der Waals surface area contributed by atoms with Crippen LogP contribution in [-0.4, -0.2) is 29.1 Å². The van der Waals surface area contributed by atoms with E-state index >= 15 is 0 Å². The zero-order chi connectivity index (χ0) is 30.5. The molecular weight excluding hydrogens is 564 g/mol. The van der Waals surface area contributed by atoms with Gasteiger partial charge in [0.1, 0.15) is 5.52 Å². The first kappa shape index (κ1) is 26.0. The molecule has 5 aromatic carbocycles. The maximum absolute atomic E-state index is 5.57. The van der Waals surface area contributed by atoms with E-state index in [9.17, 15) is 0 Å². The average Bonchev–Trinajstić information content (AvgIpc) is 3.71. The maximum Gasteiger partial charge on any atom is 0.182 e. The van der Waals surface area contributed by atoms with E-state index in [1.54, 1.807) is 0 Å². The molecule has 6 nitrogen and oxygen atoms in total. The molecule has 4 heterocycles. The summed E-state index contributed by atoms with van der Waals surface area (Å²) in [7, 11) is 0. The molecule has 46 heavy (non-hydrogen) atoms. The third-order valence-corrected chi connectivity index (χ3v) is 8.45. The van der Waals surface area contributed by atoms with Crippen molar-refractivity contribution in [3.05, 3.63) is 158 Å². The van der Waals surface area contributed by atoms with Gasteiger partial charge in [-0.3, -0.25) is 19.1 Å². The van der Waals surface area contributed by atoms with E-state index in [2.05, 4.69) is 112 Å². The number of para-hydroxylation sites is 4. The molecular formula is C40H26N6. The molecule has 0 spiro atoms. The van der Waals surface area contributed by atoms with Gasteiger partial charge in [-0.2, -0.15) is 0 Å². The Bertz CT molecular complexity index is 2500. The summed E-state index contributed by atoms with van der Waals surface area (Å²) in [5.74, 6) is 1.47. The van der Waals surface area contributed by atoms with E-state index in [-0.39, 0.29) is 0 Å². The van der Waals surface area contributed by atoms with Crippen LogP contribution in [0.4, 0.5) is 0 Å². The summed E-state index contributed by atoms with van der Waals surface area (Å²) in [6, 6.07) is 49.6. The fourth-order valence-corrected chi connectivity index (χ4v) is 6.53. The van der Waals surface area contributed by atoms with Gasteiger partial charge >= 0.3 is 0 Å². The van der Waals surface area contributed by atoms with E-state index in [1.807, 2.05) is 54.9 Å². The van der Waals surface area contributed by atoms with Gasteiger partial charge in [0.25, 0.3) is 0 Å². The first-order chi connectivity index (χ1) is 22.9. The van der Waals surface area contributed by atoms with E-state index in [4.69, 9.17) is 19.9 Å². The van der Waals surface area contributed by atoms with Gasteiger partial charge in [-0.15, -0.1) is 0 Å². The molecule has 0 fully saturated rings. The van der Waals surface area contributed by atoms with Crippen molar-refractivity contribution in [2.24, 2.45) is 0 Å². The standard InChI is InChI=1S/C40H26N6/c1-3-15-27(16-4-1)45-34-24-10-9-21-31(34)43-39(45)40-44-37-35(32-22-11-13-25-41-32)29-19-7-8-20-30(29)36(33-23-12-14-26-42-33)38(37)46(40)28-17-5-2-6-18-28/h1-26H.